The topological polar surface area (TPSA) is 26.0 Å². The zero-order valence-electron chi connectivity index (χ0n) is 10.7. The van der Waals surface area contributed by atoms with Gasteiger partial charge in [-0.25, -0.2) is 8.78 Å². The summed E-state index contributed by atoms with van der Waals surface area (Å²) >= 11 is 6.17. The first kappa shape index (κ1) is 14.0. The normalized spacial score (nSPS) is 12.5. The van der Waals surface area contributed by atoms with E-state index in [4.69, 9.17) is 17.3 Å². The van der Waals surface area contributed by atoms with Gasteiger partial charge in [0.2, 0.25) is 0 Å². The molecule has 2 aromatic rings. The van der Waals surface area contributed by atoms with Crippen LogP contribution in [0.1, 0.15) is 28.3 Å². The predicted octanol–water partition coefficient (Wildman–Crippen LogP) is 4.28. The molecule has 0 fully saturated rings. The lowest BCUT2D eigenvalue weighted by molar-refractivity contribution is 0.506. The molecule has 0 spiro atoms. The molecule has 0 amide bonds. The molecule has 0 aliphatic heterocycles. The molecule has 0 bridgehead atoms. The van der Waals surface area contributed by atoms with Crippen LogP contribution in [-0.2, 0) is 0 Å². The van der Waals surface area contributed by atoms with Crippen LogP contribution in [0, 0.1) is 25.5 Å². The van der Waals surface area contributed by atoms with E-state index in [2.05, 4.69) is 0 Å². The van der Waals surface area contributed by atoms with Crippen LogP contribution < -0.4 is 5.73 Å². The summed E-state index contributed by atoms with van der Waals surface area (Å²) in [4.78, 5) is 0. The van der Waals surface area contributed by atoms with Gasteiger partial charge in [0.1, 0.15) is 0 Å². The smallest absolute Gasteiger partial charge is 0.159 e. The lowest BCUT2D eigenvalue weighted by Gasteiger charge is -2.16. The second-order valence-corrected chi connectivity index (χ2v) is 5.02. The first-order valence-corrected chi connectivity index (χ1v) is 6.25. The number of rotatable bonds is 2. The van der Waals surface area contributed by atoms with E-state index in [-0.39, 0.29) is 0 Å². The van der Waals surface area contributed by atoms with Crippen LogP contribution in [0.5, 0.6) is 0 Å². The Balaban J connectivity index is 2.46. The van der Waals surface area contributed by atoms with E-state index in [1.807, 2.05) is 26.0 Å². The Morgan fingerprint density at radius 1 is 1.00 bits per heavy atom. The van der Waals surface area contributed by atoms with E-state index in [1.54, 1.807) is 0 Å². The fourth-order valence-corrected chi connectivity index (χ4v) is 2.26. The van der Waals surface area contributed by atoms with Gasteiger partial charge >= 0.3 is 0 Å². The van der Waals surface area contributed by atoms with Gasteiger partial charge < -0.3 is 5.73 Å². The zero-order chi connectivity index (χ0) is 14.2. The molecule has 0 aliphatic rings. The molecule has 0 aliphatic carbocycles. The van der Waals surface area contributed by atoms with Crippen LogP contribution in [0.4, 0.5) is 8.78 Å². The van der Waals surface area contributed by atoms with Crippen molar-refractivity contribution < 1.29 is 8.78 Å². The van der Waals surface area contributed by atoms with Crippen molar-refractivity contribution in [2.75, 3.05) is 0 Å². The highest BCUT2D eigenvalue weighted by Gasteiger charge is 2.15. The largest absolute Gasteiger partial charge is 0.320 e. The van der Waals surface area contributed by atoms with Gasteiger partial charge in [-0.3, -0.25) is 0 Å². The maximum Gasteiger partial charge on any atom is 0.159 e. The Bertz CT molecular complexity index is 626. The number of hydrogen-bond acceptors (Lipinski definition) is 1. The number of hydrogen-bond donors (Lipinski definition) is 1. The molecular weight excluding hydrogens is 268 g/mol. The average molecular weight is 282 g/mol. The SMILES string of the molecule is Cc1cc(Cl)c(C(N)c2ccc(F)c(F)c2)cc1C. The summed E-state index contributed by atoms with van der Waals surface area (Å²) in [7, 11) is 0. The van der Waals surface area contributed by atoms with E-state index in [1.165, 1.54) is 6.07 Å². The van der Waals surface area contributed by atoms with E-state index < -0.39 is 17.7 Å². The minimum atomic E-state index is -0.909. The molecule has 0 saturated carbocycles. The van der Waals surface area contributed by atoms with Crippen molar-refractivity contribution >= 4 is 11.6 Å². The van der Waals surface area contributed by atoms with E-state index in [9.17, 15) is 8.78 Å². The fraction of sp³-hybridized carbons (Fsp3) is 0.200. The van der Waals surface area contributed by atoms with Crippen molar-refractivity contribution in [1.29, 1.82) is 0 Å². The Hall–Kier alpha value is -1.45. The van der Waals surface area contributed by atoms with Crippen LogP contribution in [0.15, 0.2) is 30.3 Å². The standard InChI is InChI=1S/C15H14ClF2N/c1-8-5-11(12(16)6-9(8)2)15(19)10-3-4-13(17)14(18)7-10/h3-7,15H,19H2,1-2H3. The van der Waals surface area contributed by atoms with E-state index in [0.717, 1.165) is 23.3 Å². The summed E-state index contributed by atoms with van der Waals surface area (Å²) < 4.78 is 26.2. The molecule has 2 rings (SSSR count). The highest BCUT2D eigenvalue weighted by atomic mass is 35.5. The summed E-state index contributed by atoms with van der Waals surface area (Å²) in [6.07, 6.45) is 0. The maximum atomic E-state index is 13.2. The van der Waals surface area contributed by atoms with Gasteiger partial charge in [-0.15, -0.1) is 0 Å². The van der Waals surface area contributed by atoms with Gasteiger partial charge in [-0.05, 0) is 54.3 Å². The van der Waals surface area contributed by atoms with Gasteiger partial charge in [-0.1, -0.05) is 23.7 Å². The molecule has 1 atom stereocenters. The van der Waals surface area contributed by atoms with Crippen molar-refractivity contribution in [3.63, 3.8) is 0 Å². The molecule has 2 N–H and O–H groups in total. The lowest BCUT2D eigenvalue weighted by atomic mass is 9.96. The third kappa shape index (κ3) is 2.77. The van der Waals surface area contributed by atoms with Crippen LogP contribution in [0.25, 0.3) is 0 Å². The van der Waals surface area contributed by atoms with Crippen LogP contribution in [-0.4, -0.2) is 0 Å². The van der Waals surface area contributed by atoms with Gasteiger partial charge in [0.15, 0.2) is 11.6 Å². The summed E-state index contributed by atoms with van der Waals surface area (Å²) in [5.41, 5.74) is 9.39. The molecule has 100 valence electrons. The van der Waals surface area contributed by atoms with Crippen LogP contribution in [0.2, 0.25) is 5.02 Å². The molecule has 0 aromatic heterocycles. The molecule has 1 nitrogen and oxygen atoms in total. The zero-order valence-corrected chi connectivity index (χ0v) is 11.4. The third-order valence-corrected chi connectivity index (χ3v) is 3.58. The summed E-state index contributed by atoms with van der Waals surface area (Å²) in [6, 6.07) is 6.76. The average Bonchev–Trinajstić information content (AvgIpc) is 2.36. The van der Waals surface area contributed by atoms with Crippen molar-refractivity contribution in [2.24, 2.45) is 5.73 Å². The third-order valence-electron chi connectivity index (χ3n) is 3.25. The second kappa shape index (κ2) is 5.27. The quantitative estimate of drug-likeness (QED) is 0.873. The monoisotopic (exact) mass is 281 g/mol. The molecule has 19 heavy (non-hydrogen) atoms. The minimum absolute atomic E-state index is 0.490. The van der Waals surface area contributed by atoms with Crippen molar-refractivity contribution in [3.05, 3.63) is 69.2 Å². The molecule has 0 heterocycles. The van der Waals surface area contributed by atoms with Crippen molar-refractivity contribution in [2.45, 2.75) is 19.9 Å². The molecule has 4 heteroatoms. The lowest BCUT2D eigenvalue weighted by Crippen LogP contribution is -2.13. The van der Waals surface area contributed by atoms with Gasteiger partial charge in [0.25, 0.3) is 0 Å². The first-order chi connectivity index (χ1) is 8.90. The highest BCUT2D eigenvalue weighted by molar-refractivity contribution is 6.31. The minimum Gasteiger partial charge on any atom is -0.320 e. The predicted molar refractivity (Wildman–Crippen MR) is 73.3 cm³/mol. The van der Waals surface area contributed by atoms with Gasteiger partial charge in [0, 0.05) is 5.02 Å². The Labute approximate surface area is 116 Å². The van der Waals surface area contributed by atoms with Gasteiger partial charge in [-0.2, -0.15) is 0 Å². The fourth-order valence-electron chi connectivity index (χ4n) is 1.93. The first-order valence-electron chi connectivity index (χ1n) is 5.87. The van der Waals surface area contributed by atoms with Crippen LogP contribution in [0.3, 0.4) is 0 Å². The van der Waals surface area contributed by atoms with Gasteiger partial charge in [0.05, 0.1) is 6.04 Å². The molecule has 0 radical (unpaired) electrons. The Morgan fingerprint density at radius 2 is 1.63 bits per heavy atom. The Morgan fingerprint density at radius 3 is 2.26 bits per heavy atom. The molecular formula is C15H14ClF2N. The van der Waals surface area contributed by atoms with Crippen molar-refractivity contribution in [3.8, 4) is 0 Å². The second-order valence-electron chi connectivity index (χ2n) is 4.61. The summed E-state index contributed by atoms with van der Waals surface area (Å²) in [5, 5.41) is 0.528. The van der Waals surface area contributed by atoms with E-state index in [0.29, 0.717) is 16.1 Å². The Kier molecular flexibility index (Phi) is 3.88. The van der Waals surface area contributed by atoms with Crippen LogP contribution >= 0.6 is 11.6 Å². The number of halogens is 3. The van der Waals surface area contributed by atoms with E-state index >= 15 is 0 Å². The molecule has 2 aromatic carbocycles. The summed E-state index contributed by atoms with van der Waals surface area (Å²) in [5.74, 6) is -1.80. The molecule has 0 saturated heterocycles. The molecule has 1 unspecified atom stereocenters. The van der Waals surface area contributed by atoms with Crippen molar-refractivity contribution in [1.82, 2.24) is 0 Å². The number of nitrogens with two attached hydrogens (primary N) is 1. The summed E-state index contributed by atoms with van der Waals surface area (Å²) in [6.45, 7) is 3.90. The highest BCUT2D eigenvalue weighted by Crippen LogP contribution is 2.29. The maximum absolute atomic E-state index is 13.2. The number of aryl methyl sites for hydroxylation is 2. The number of benzene rings is 2.